The number of furan rings is 1. The largest absolute Gasteiger partial charge is 0.504 e. The van der Waals surface area contributed by atoms with Gasteiger partial charge in [0.2, 0.25) is 0 Å². The molecule has 10 heteroatoms. The number of nitro benzene ring substituents is 1. The predicted molar refractivity (Wildman–Crippen MR) is 107 cm³/mol. The highest BCUT2D eigenvalue weighted by Gasteiger charge is 2.16. The number of nitrogens with zero attached hydrogens (tertiary/aromatic N) is 2. The van der Waals surface area contributed by atoms with E-state index in [2.05, 4.69) is 10.3 Å². The van der Waals surface area contributed by atoms with Crippen molar-refractivity contribution in [3.63, 3.8) is 0 Å². The van der Waals surface area contributed by atoms with E-state index >= 15 is 0 Å². The first kappa shape index (κ1) is 19.9. The van der Waals surface area contributed by atoms with Gasteiger partial charge >= 0.3 is 0 Å². The van der Waals surface area contributed by atoms with Crippen molar-refractivity contribution in [2.75, 3.05) is 12.4 Å². The molecule has 0 spiro atoms. The van der Waals surface area contributed by atoms with E-state index in [0.29, 0.717) is 11.4 Å². The molecule has 3 rings (SSSR count). The number of amides is 1. The number of aliphatic imine (C=N–C) groups is 1. The molecule has 29 heavy (non-hydrogen) atoms. The molecule has 1 heterocycles. The Kier molecular flexibility index (Phi) is 5.79. The monoisotopic (exact) mass is 415 g/mol. The van der Waals surface area contributed by atoms with Crippen LogP contribution in [0.4, 0.5) is 17.1 Å². The molecule has 0 unspecified atom stereocenters. The molecule has 1 amide bonds. The minimum atomic E-state index is -0.604. The number of carbonyl (C=O) groups is 1. The lowest BCUT2D eigenvalue weighted by Crippen LogP contribution is -2.10. The number of hydrogen-bond donors (Lipinski definition) is 2. The average Bonchev–Trinajstić information content (AvgIpc) is 3.24. The second-order valence-electron chi connectivity index (χ2n) is 5.70. The van der Waals surface area contributed by atoms with E-state index < -0.39 is 10.8 Å². The fourth-order valence-electron chi connectivity index (χ4n) is 2.40. The van der Waals surface area contributed by atoms with Crippen LogP contribution in [-0.2, 0) is 0 Å². The van der Waals surface area contributed by atoms with Gasteiger partial charge in [-0.3, -0.25) is 19.9 Å². The number of benzene rings is 2. The van der Waals surface area contributed by atoms with Crippen LogP contribution in [0.2, 0.25) is 5.02 Å². The minimum Gasteiger partial charge on any atom is -0.504 e. The number of nitrogens with one attached hydrogen (secondary N) is 1. The summed E-state index contributed by atoms with van der Waals surface area (Å²) in [7, 11) is 1.29. The normalized spacial score (nSPS) is 10.8. The van der Waals surface area contributed by atoms with E-state index in [0.717, 1.165) is 6.07 Å². The summed E-state index contributed by atoms with van der Waals surface area (Å²) in [6.07, 6.45) is 2.63. The van der Waals surface area contributed by atoms with Gasteiger partial charge in [0.25, 0.3) is 11.6 Å². The van der Waals surface area contributed by atoms with Crippen LogP contribution in [0.25, 0.3) is 0 Å². The molecule has 9 nitrogen and oxygen atoms in total. The summed E-state index contributed by atoms with van der Waals surface area (Å²) in [4.78, 5) is 26.6. The van der Waals surface area contributed by atoms with Crippen molar-refractivity contribution < 1.29 is 24.0 Å². The second-order valence-corrected chi connectivity index (χ2v) is 6.10. The quantitative estimate of drug-likeness (QED) is 0.345. The summed E-state index contributed by atoms with van der Waals surface area (Å²) in [6, 6.07) is 9.99. The van der Waals surface area contributed by atoms with Crippen LogP contribution in [0.1, 0.15) is 16.1 Å². The number of nitro groups is 1. The molecular weight excluding hydrogens is 402 g/mol. The Morgan fingerprint density at radius 1 is 1.34 bits per heavy atom. The lowest BCUT2D eigenvalue weighted by atomic mass is 10.1. The zero-order chi connectivity index (χ0) is 21.0. The molecule has 0 fully saturated rings. The molecule has 0 saturated carbocycles. The molecule has 0 saturated heterocycles. The van der Waals surface area contributed by atoms with E-state index in [1.807, 2.05) is 0 Å². The van der Waals surface area contributed by atoms with Crippen LogP contribution in [-0.4, -0.2) is 29.3 Å². The van der Waals surface area contributed by atoms with Crippen LogP contribution in [0.3, 0.4) is 0 Å². The molecule has 148 valence electrons. The number of ether oxygens (including phenoxy) is 1. The van der Waals surface area contributed by atoms with Crippen LogP contribution < -0.4 is 10.1 Å². The Morgan fingerprint density at radius 3 is 2.76 bits per heavy atom. The summed E-state index contributed by atoms with van der Waals surface area (Å²) >= 11 is 6.18. The maximum Gasteiger partial charge on any atom is 0.291 e. The first-order valence-corrected chi connectivity index (χ1v) is 8.50. The van der Waals surface area contributed by atoms with Gasteiger partial charge in [-0.05, 0) is 30.3 Å². The van der Waals surface area contributed by atoms with Gasteiger partial charge in [0.05, 0.1) is 40.8 Å². The maximum atomic E-state index is 12.0. The number of non-ortho nitro benzene ring substituents is 1. The van der Waals surface area contributed by atoms with Gasteiger partial charge in [0.15, 0.2) is 17.3 Å². The van der Waals surface area contributed by atoms with E-state index in [4.69, 9.17) is 20.8 Å². The second kappa shape index (κ2) is 8.44. The highest BCUT2D eigenvalue weighted by Crippen LogP contribution is 2.34. The molecule has 0 atom stereocenters. The Morgan fingerprint density at radius 2 is 2.14 bits per heavy atom. The summed E-state index contributed by atoms with van der Waals surface area (Å²) in [5.74, 6) is -0.648. The number of methoxy groups -OCH3 is 1. The van der Waals surface area contributed by atoms with Crippen molar-refractivity contribution in [1.82, 2.24) is 0 Å². The fraction of sp³-hybridized carbons (Fsp3) is 0.0526. The Bertz CT molecular complexity index is 1100. The highest BCUT2D eigenvalue weighted by molar-refractivity contribution is 6.34. The molecule has 0 radical (unpaired) electrons. The van der Waals surface area contributed by atoms with Crippen molar-refractivity contribution in [1.29, 1.82) is 0 Å². The predicted octanol–water partition coefficient (Wildman–Crippen LogP) is 4.56. The summed E-state index contributed by atoms with van der Waals surface area (Å²) < 4.78 is 9.96. The zero-order valence-electron chi connectivity index (χ0n) is 15.0. The number of aromatic hydroxyl groups is 1. The van der Waals surface area contributed by atoms with Gasteiger partial charge in [-0.25, -0.2) is 0 Å². The van der Waals surface area contributed by atoms with Gasteiger partial charge in [0.1, 0.15) is 0 Å². The SMILES string of the molecule is COc1cc([N+](=O)[O-])cc(C=Nc2ccc(NC(=O)c3ccco3)c(Cl)c2)c1O. The van der Waals surface area contributed by atoms with Gasteiger partial charge < -0.3 is 19.6 Å². The third-order valence-electron chi connectivity index (χ3n) is 3.82. The number of halogens is 1. The van der Waals surface area contributed by atoms with Crippen LogP contribution in [0.5, 0.6) is 11.5 Å². The first-order valence-electron chi connectivity index (χ1n) is 8.13. The van der Waals surface area contributed by atoms with E-state index in [-0.39, 0.29) is 33.5 Å². The Labute approximate surface area is 169 Å². The van der Waals surface area contributed by atoms with Crippen molar-refractivity contribution >= 4 is 40.8 Å². The minimum absolute atomic E-state index is 0.0466. The van der Waals surface area contributed by atoms with Gasteiger partial charge in [-0.1, -0.05) is 11.6 Å². The Balaban J connectivity index is 1.83. The molecule has 1 aromatic heterocycles. The number of anilines is 1. The number of rotatable bonds is 6. The molecule has 0 aliphatic heterocycles. The van der Waals surface area contributed by atoms with Crippen LogP contribution in [0.15, 0.2) is 58.1 Å². The zero-order valence-corrected chi connectivity index (χ0v) is 15.7. The topological polar surface area (TPSA) is 127 Å². The lowest BCUT2D eigenvalue weighted by molar-refractivity contribution is -0.385. The molecular formula is C19H14ClN3O6. The third-order valence-corrected chi connectivity index (χ3v) is 4.13. The number of phenols is 1. The van der Waals surface area contributed by atoms with Crippen molar-refractivity contribution in [3.8, 4) is 11.5 Å². The molecule has 0 aliphatic rings. The number of carbonyl (C=O) groups excluding carboxylic acids is 1. The van der Waals surface area contributed by atoms with Crippen LogP contribution in [0, 0.1) is 10.1 Å². The summed E-state index contributed by atoms with van der Waals surface area (Å²) in [6.45, 7) is 0. The van der Waals surface area contributed by atoms with Gasteiger partial charge in [-0.15, -0.1) is 0 Å². The smallest absolute Gasteiger partial charge is 0.291 e. The molecule has 0 aliphatic carbocycles. The van der Waals surface area contributed by atoms with Crippen molar-refractivity contribution in [2.24, 2.45) is 4.99 Å². The third kappa shape index (κ3) is 4.53. The first-order chi connectivity index (χ1) is 13.9. The highest BCUT2D eigenvalue weighted by atomic mass is 35.5. The van der Waals surface area contributed by atoms with E-state index in [1.165, 1.54) is 37.8 Å². The number of hydrogen-bond acceptors (Lipinski definition) is 7. The van der Waals surface area contributed by atoms with E-state index in [1.54, 1.807) is 18.2 Å². The Hall–Kier alpha value is -3.85. The van der Waals surface area contributed by atoms with Crippen molar-refractivity contribution in [2.45, 2.75) is 0 Å². The molecule has 0 bridgehead atoms. The summed E-state index contributed by atoms with van der Waals surface area (Å²) in [5, 5.41) is 24.0. The molecule has 2 N–H and O–H groups in total. The lowest BCUT2D eigenvalue weighted by Gasteiger charge is -2.07. The number of phenolic OH excluding ortho intramolecular Hbond substituents is 1. The standard InChI is InChI=1S/C19H14ClN3O6/c1-28-17-9-13(23(26)27)7-11(18(17)24)10-21-12-4-5-15(14(20)8-12)22-19(25)16-3-2-6-29-16/h2-10,24H,1H3,(H,22,25). The molecule has 2 aromatic carbocycles. The fourth-order valence-corrected chi connectivity index (χ4v) is 2.62. The van der Waals surface area contributed by atoms with Gasteiger partial charge in [0, 0.05) is 17.8 Å². The maximum absolute atomic E-state index is 12.0. The average molecular weight is 416 g/mol. The summed E-state index contributed by atoms with van der Waals surface area (Å²) in [5.41, 5.74) is 0.597. The molecule has 3 aromatic rings. The van der Waals surface area contributed by atoms with Crippen molar-refractivity contribution in [3.05, 3.63) is 75.2 Å². The van der Waals surface area contributed by atoms with Crippen LogP contribution >= 0.6 is 11.6 Å². The van der Waals surface area contributed by atoms with E-state index in [9.17, 15) is 20.0 Å². The van der Waals surface area contributed by atoms with Gasteiger partial charge in [-0.2, -0.15) is 0 Å².